The molecular formula is C66H132O6. The van der Waals surface area contributed by atoms with Crippen LogP contribution in [-0.4, -0.2) is 73.3 Å². The maximum absolute atomic E-state index is 8.80. The first-order valence-electron chi connectivity index (χ1n) is 33.3. The van der Waals surface area contributed by atoms with Crippen LogP contribution in [0.2, 0.25) is 0 Å². The van der Waals surface area contributed by atoms with Crippen molar-refractivity contribution in [3.63, 3.8) is 0 Å². The van der Waals surface area contributed by atoms with Crippen LogP contribution in [0.1, 0.15) is 347 Å². The molecule has 0 heterocycles. The van der Waals surface area contributed by atoms with Gasteiger partial charge in [0.25, 0.3) is 0 Å². The Morgan fingerprint density at radius 2 is 0.389 bits per heavy atom. The summed E-state index contributed by atoms with van der Waals surface area (Å²) in [5, 5.41) is 35.2. The summed E-state index contributed by atoms with van der Waals surface area (Å²) in [7, 11) is 0. The van der Waals surface area contributed by atoms with E-state index in [1.165, 1.54) is 315 Å². The highest BCUT2D eigenvalue weighted by molar-refractivity contribution is 4.76. The van der Waals surface area contributed by atoms with Gasteiger partial charge < -0.3 is 29.9 Å². The van der Waals surface area contributed by atoms with Gasteiger partial charge in [-0.3, -0.25) is 0 Å². The number of unbranched alkanes of at least 4 members (excludes halogenated alkanes) is 42. The molecular weight excluding hydrogens is 889 g/mol. The van der Waals surface area contributed by atoms with Gasteiger partial charge in [-0.2, -0.15) is 0 Å². The molecule has 6 heteroatoms. The van der Waals surface area contributed by atoms with E-state index in [1.807, 2.05) is 0 Å². The highest BCUT2D eigenvalue weighted by atomic mass is 16.5. The van der Waals surface area contributed by atoms with Gasteiger partial charge in [0.1, 0.15) is 0 Å². The van der Waals surface area contributed by atoms with Gasteiger partial charge in [0.05, 0.1) is 0 Å². The van der Waals surface area contributed by atoms with Crippen LogP contribution in [0.3, 0.4) is 0 Å². The minimum atomic E-state index is 0.355. The van der Waals surface area contributed by atoms with E-state index < -0.39 is 0 Å². The Morgan fingerprint density at radius 1 is 0.208 bits per heavy atom. The monoisotopic (exact) mass is 1020 g/mol. The van der Waals surface area contributed by atoms with E-state index in [1.54, 1.807) is 6.42 Å². The van der Waals surface area contributed by atoms with Crippen molar-refractivity contribution in [3.8, 4) is 0 Å². The van der Waals surface area contributed by atoms with Gasteiger partial charge >= 0.3 is 0 Å². The zero-order chi connectivity index (χ0) is 51.6. The summed E-state index contributed by atoms with van der Waals surface area (Å²) < 4.78 is 12.0. The molecule has 2 aliphatic carbocycles. The standard InChI is InChI=1S/C35H70O2.C31H62O4/c36-31-25-21-17-13-9-5-1-3-7-11-15-19-23-27-34-29-30-35(33-34)28-24-20-16-12-8-4-2-6-10-14-18-22-26-32-37;32-23-17-13-9-5-1-3-7-11-15-19-25-34-28-30-21-22-31(27-30)29-35-26-20-16-12-8-4-2-6-10-14-18-24-33/h34-37H,1-33H2;30-33H,1-29H2/t34-,35+;30-,31+. The molecule has 2 aliphatic rings. The number of rotatable bonds is 58. The van der Waals surface area contributed by atoms with E-state index in [2.05, 4.69) is 0 Å². The van der Waals surface area contributed by atoms with Crippen LogP contribution in [0.15, 0.2) is 0 Å². The minimum Gasteiger partial charge on any atom is -0.396 e. The summed E-state index contributed by atoms with van der Waals surface area (Å²) in [5.41, 5.74) is 0. The molecule has 6 nitrogen and oxygen atoms in total. The zero-order valence-corrected chi connectivity index (χ0v) is 48.8. The first kappa shape index (κ1) is 69.8. The van der Waals surface area contributed by atoms with Crippen molar-refractivity contribution in [1.82, 2.24) is 0 Å². The summed E-state index contributed by atoms with van der Waals surface area (Å²) in [6.45, 7) is 5.28. The average molecular weight is 1020 g/mol. The quantitative estimate of drug-likeness (QED) is 0.0453. The fourth-order valence-corrected chi connectivity index (χ4v) is 12.1. The number of ether oxygens (including phenoxy) is 2. The lowest BCUT2D eigenvalue weighted by Crippen LogP contribution is -2.10. The molecule has 0 aromatic heterocycles. The molecule has 0 aliphatic heterocycles. The molecule has 432 valence electrons. The fourth-order valence-electron chi connectivity index (χ4n) is 12.1. The van der Waals surface area contributed by atoms with Gasteiger partial charge in [-0.05, 0) is 87.9 Å². The predicted octanol–water partition coefficient (Wildman–Crippen LogP) is 19.5. The van der Waals surface area contributed by atoms with Crippen LogP contribution in [0.25, 0.3) is 0 Å². The second-order valence-electron chi connectivity index (χ2n) is 24.0. The molecule has 4 N–H and O–H groups in total. The van der Waals surface area contributed by atoms with Crippen molar-refractivity contribution in [3.05, 3.63) is 0 Å². The molecule has 2 saturated carbocycles. The Morgan fingerprint density at radius 3 is 0.625 bits per heavy atom. The molecule has 0 amide bonds. The molecule has 0 bridgehead atoms. The van der Waals surface area contributed by atoms with E-state index in [0.717, 1.165) is 75.8 Å². The maximum atomic E-state index is 8.80. The number of aliphatic hydroxyl groups is 4. The summed E-state index contributed by atoms with van der Waals surface area (Å²) in [4.78, 5) is 0. The molecule has 0 spiro atoms. The van der Waals surface area contributed by atoms with E-state index in [4.69, 9.17) is 29.9 Å². The Hall–Kier alpha value is -0.240. The molecule has 0 saturated heterocycles. The molecule has 0 radical (unpaired) electrons. The van der Waals surface area contributed by atoms with Gasteiger partial charge in [-0.25, -0.2) is 0 Å². The van der Waals surface area contributed by atoms with Crippen molar-refractivity contribution in [2.75, 3.05) is 52.9 Å². The van der Waals surface area contributed by atoms with Crippen molar-refractivity contribution < 1.29 is 29.9 Å². The van der Waals surface area contributed by atoms with Crippen LogP contribution in [-0.2, 0) is 9.47 Å². The SMILES string of the molecule is OCCCCCCCCCCCCCCC[C@@H]1CC[C@H](CCCCCCCCCCCCCCCO)C1.OCCCCCCCCCCCCOC[C@H]1CC[C@@H](COCCCCCCCCCCCCO)C1. The Bertz CT molecular complexity index is 905. The third kappa shape index (κ3) is 51.8. The molecule has 2 fully saturated rings. The molecule has 72 heavy (non-hydrogen) atoms. The van der Waals surface area contributed by atoms with Crippen LogP contribution in [0.4, 0.5) is 0 Å². The average Bonchev–Trinajstić information content (AvgIpc) is 4.06. The van der Waals surface area contributed by atoms with Gasteiger partial charge in [0.15, 0.2) is 0 Å². The fraction of sp³-hybridized carbons (Fsp3) is 1.00. The third-order valence-corrected chi connectivity index (χ3v) is 16.9. The summed E-state index contributed by atoms with van der Waals surface area (Å²) >= 11 is 0. The third-order valence-electron chi connectivity index (χ3n) is 16.9. The first-order valence-corrected chi connectivity index (χ1v) is 33.3. The van der Waals surface area contributed by atoms with E-state index in [0.29, 0.717) is 26.4 Å². The van der Waals surface area contributed by atoms with E-state index >= 15 is 0 Å². The lowest BCUT2D eigenvalue weighted by atomic mass is 9.95. The second kappa shape index (κ2) is 60.0. The molecule has 0 unspecified atom stereocenters. The van der Waals surface area contributed by atoms with Crippen molar-refractivity contribution in [2.24, 2.45) is 23.7 Å². The van der Waals surface area contributed by atoms with Crippen LogP contribution in [0.5, 0.6) is 0 Å². The largest absolute Gasteiger partial charge is 0.396 e. The van der Waals surface area contributed by atoms with Gasteiger partial charge in [-0.15, -0.1) is 0 Å². The van der Waals surface area contributed by atoms with Gasteiger partial charge in [-0.1, -0.05) is 283 Å². The van der Waals surface area contributed by atoms with Crippen LogP contribution in [0, 0.1) is 23.7 Å². The minimum absolute atomic E-state index is 0.355. The van der Waals surface area contributed by atoms with Crippen LogP contribution < -0.4 is 0 Å². The number of hydrogen-bond donors (Lipinski definition) is 4. The van der Waals surface area contributed by atoms with E-state index in [9.17, 15) is 0 Å². The Kier molecular flexibility index (Phi) is 58.1. The number of aliphatic hydroxyl groups excluding tert-OH is 4. The lowest BCUT2D eigenvalue weighted by Gasteiger charge is -2.12. The van der Waals surface area contributed by atoms with Crippen LogP contribution >= 0.6 is 0 Å². The molecule has 0 aromatic rings. The van der Waals surface area contributed by atoms with Crippen molar-refractivity contribution in [2.45, 2.75) is 347 Å². The summed E-state index contributed by atoms with van der Waals surface area (Å²) in [5.74, 6) is 3.66. The summed E-state index contributed by atoms with van der Waals surface area (Å²) in [6.07, 6.45) is 73.2. The normalized spacial score (nSPS) is 17.8. The van der Waals surface area contributed by atoms with Crippen molar-refractivity contribution in [1.29, 1.82) is 0 Å². The second-order valence-corrected chi connectivity index (χ2v) is 24.0. The maximum Gasteiger partial charge on any atom is 0.0494 e. The smallest absolute Gasteiger partial charge is 0.0494 e. The number of hydrogen-bond acceptors (Lipinski definition) is 6. The highest BCUT2D eigenvalue weighted by Crippen LogP contribution is 2.37. The Balaban J connectivity index is 0.000000721. The molecule has 0 aromatic carbocycles. The molecule has 2 rings (SSSR count). The highest BCUT2D eigenvalue weighted by Gasteiger charge is 2.25. The first-order chi connectivity index (χ1) is 35.7. The molecule has 4 atom stereocenters. The zero-order valence-electron chi connectivity index (χ0n) is 48.8. The van der Waals surface area contributed by atoms with Gasteiger partial charge in [0.2, 0.25) is 0 Å². The summed E-state index contributed by atoms with van der Waals surface area (Å²) in [6, 6.07) is 0. The van der Waals surface area contributed by atoms with Crippen molar-refractivity contribution >= 4 is 0 Å². The lowest BCUT2D eigenvalue weighted by molar-refractivity contribution is 0.0820. The topological polar surface area (TPSA) is 99.4 Å². The Labute approximate surface area is 451 Å². The van der Waals surface area contributed by atoms with Gasteiger partial charge in [0, 0.05) is 52.9 Å². The van der Waals surface area contributed by atoms with E-state index in [-0.39, 0.29) is 0 Å². The predicted molar refractivity (Wildman–Crippen MR) is 313 cm³/mol.